The van der Waals surface area contributed by atoms with Crippen LogP contribution in [-0.4, -0.2) is 15.7 Å². The minimum absolute atomic E-state index is 0.103. The number of esters is 1. The van der Waals surface area contributed by atoms with Crippen molar-refractivity contribution < 1.29 is 9.53 Å². The lowest BCUT2D eigenvalue weighted by Gasteiger charge is -2.20. The zero-order valence-corrected chi connectivity index (χ0v) is 17.0. The number of carbonyl (C=O) groups is 1. The van der Waals surface area contributed by atoms with Crippen molar-refractivity contribution in [1.82, 2.24) is 9.78 Å². The molecule has 0 aliphatic heterocycles. The Morgan fingerprint density at radius 2 is 1.66 bits per heavy atom. The monoisotopic (exact) mass is 448 g/mol. The summed E-state index contributed by atoms with van der Waals surface area (Å²) in [5, 5.41) is 4.63. The molecular formula is C23H17BrN2O3. The summed E-state index contributed by atoms with van der Waals surface area (Å²) in [5.41, 5.74) is 2.13. The van der Waals surface area contributed by atoms with Gasteiger partial charge in [-0.2, -0.15) is 5.10 Å². The summed E-state index contributed by atoms with van der Waals surface area (Å²) in [7, 11) is 0. The molecule has 4 rings (SSSR count). The van der Waals surface area contributed by atoms with Crippen molar-refractivity contribution in [3.05, 3.63) is 111 Å². The fourth-order valence-corrected chi connectivity index (χ4v) is 3.70. The van der Waals surface area contributed by atoms with E-state index in [9.17, 15) is 9.59 Å². The second-order valence-electron chi connectivity index (χ2n) is 6.49. The zero-order valence-electron chi connectivity index (χ0n) is 15.4. The number of para-hydroxylation sites is 1. The fourth-order valence-electron chi connectivity index (χ4n) is 3.20. The Hall–Kier alpha value is -3.25. The van der Waals surface area contributed by atoms with Gasteiger partial charge in [0.05, 0.1) is 11.7 Å². The second-order valence-corrected chi connectivity index (χ2v) is 7.34. The molecule has 0 bridgehead atoms. The lowest BCUT2D eigenvalue weighted by atomic mass is 10.0. The Labute approximate surface area is 175 Å². The van der Waals surface area contributed by atoms with E-state index in [-0.39, 0.29) is 12.0 Å². The minimum Gasteiger partial charge on any atom is -0.451 e. The van der Waals surface area contributed by atoms with Crippen LogP contribution in [-0.2, 0) is 16.1 Å². The van der Waals surface area contributed by atoms with E-state index in [0.717, 1.165) is 15.6 Å². The number of hydrogen-bond donors (Lipinski definition) is 0. The number of rotatable bonds is 5. The molecule has 1 atom stereocenters. The number of ether oxygens (including phenoxy) is 1. The van der Waals surface area contributed by atoms with Gasteiger partial charge in [0.2, 0.25) is 5.43 Å². The van der Waals surface area contributed by atoms with E-state index < -0.39 is 12.1 Å². The highest BCUT2D eigenvalue weighted by Gasteiger charge is 2.21. The van der Waals surface area contributed by atoms with Gasteiger partial charge >= 0.3 is 5.97 Å². The Morgan fingerprint density at radius 3 is 2.45 bits per heavy atom. The van der Waals surface area contributed by atoms with Crippen LogP contribution in [0, 0.1) is 0 Å². The first kappa shape index (κ1) is 19.1. The third-order valence-electron chi connectivity index (χ3n) is 4.58. The van der Waals surface area contributed by atoms with E-state index in [1.807, 2.05) is 54.6 Å². The van der Waals surface area contributed by atoms with Gasteiger partial charge in [0.15, 0.2) is 6.10 Å². The number of carbonyl (C=O) groups excluding carboxylic acids is 1. The highest BCUT2D eigenvalue weighted by Crippen LogP contribution is 2.31. The Kier molecular flexibility index (Phi) is 5.53. The molecule has 29 heavy (non-hydrogen) atoms. The van der Waals surface area contributed by atoms with Crippen molar-refractivity contribution in [3.8, 4) is 0 Å². The molecule has 0 fully saturated rings. The SMILES string of the molecule is O=C(Cn1ncc(=O)c2ccccc21)O[C@@H](c1ccccc1)c1ccccc1Br. The van der Waals surface area contributed by atoms with Gasteiger partial charge in [-0.15, -0.1) is 0 Å². The van der Waals surface area contributed by atoms with Crippen molar-refractivity contribution in [2.45, 2.75) is 12.6 Å². The minimum atomic E-state index is -0.565. The molecular weight excluding hydrogens is 432 g/mol. The standard InChI is InChI=1S/C23H17BrN2O3/c24-19-12-6-4-10-17(19)23(16-8-2-1-3-9-16)29-22(28)15-26-20-13-7-5-11-18(20)21(27)14-25-26/h1-14,23H,15H2/t23-/m0/s1. The molecule has 0 aliphatic rings. The van der Waals surface area contributed by atoms with Gasteiger partial charge in [-0.1, -0.05) is 76.6 Å². The molecule has 0 spiro atoms. The molecule has 6 heteroatoms. The molecule has 0 saturated heterocycles. The number of benzene rings is 3. The fraction of sp³-hybridized carbons (Fsp3) is 0.0870. The van der Waals surface area contributed by atoms with Gasteiger partial charge in [-0.05, 0) is 23.8 Å². The van der Waals surface area contributed by atoms with Crippen molar-refractivity contribution in [1.29, 1.82) is 0 Å². The Balaban J connectivity index is 1.65. The van der Waals surface area contributed by atoms with Crippen LogP contribution < -0.4 is 5.43 Å². The average Bonchev–Trinajstić information content (AvgIpc) is 2.75. The summed E-state index contributed by atoms with van der Waals surface area (Å²) in [6, 6.07) is 24.3. The van der Waals surface area contributed by atoms with E-state index in [4.69, 9.17) is 4.74 Å². The highest BCUT2D eigenvalue weighted by molar-refractivity contribution is 9.10. The lowest BCUT2D eigenvalue weighted by molar-refractivity contribution is -0.148. The normalized spacial score (nSPS) is 11.9. The van der Waals surface area contributed by atoms with Crippen LogP contribution in [0.4, 0.5) is 0 Å². The van der Waals surface area contributed by atoms with Gasteiger partial charge in [-0.25, -0.2) is 0 Å². The van der Waals surface area contributed by atoms with E-state index in [1.54, 1.807) is 24.3 Å². The molecule has 4 aromatic rings. The number of aromatic nitrogens is 2. The lowest BCUT2D eigenvalue weighted by Crippen LogP contribution is -2.21. The van der Waals surface area contributed by atoms with E-state index in [0.29, 0.717) is 10.9 Å². The van der Waals surface area contributed by atoms with Crippen molar-refractivity contribution in [2.24, 2.45) is 0 Å². The quantitative estimate of drug-likeness (QED) is 0.422. The largest absolute Gasteiger partial charge is 0.451 e. The molecule has 3 aromatic carbocycles. The van der Waals surface area contributed by atoms with Crippen molar-refractivity contribution >= 4 is 32.8 Å². The van der Waals surface area contributed by atoms with Crippen molar-refractivity contribution in [2.75, 3.05) is 0 Å². The third kappa shape index (κ3) is 4.12. The summed E-state index contributed by atoms with van der Waals surface area (Å²) in [5.74, 6) is -0.448. The van der Waals surface area contributed by atoms with Crippen LogP contribution in [0.2, 0.25) is 0 Å². The van der Waals surface area contributed by atoms with Gasteiger partial charge in [0.25, 0.3) is 0 Å². The molecule has 0 amide bonds. The van der Waals surface area contributed by atoms with Crippen LogP contribution in [0.5, 0.6) is 0 Å². The first-order valence-corrected chi connectivity index (χ1v) is 9.86. The van der Waals surface area contributed by atoms with Gasteiger partial charge in [-0.3, -0.25) is 14.3 Å². The summed E-state index contributed by atoms with van der Waals surface area (Å²) >= 11 is 3.55. The van der Waals surface area contributed by atoms with Crippen molar-refractivity contribution in [3.63, 3.8) is 0 Å². The van der Waals surface area contributed by atoms with Crippen LogP contribution in [0.3, 0.4) is 0 Å². The predicted octanol–water partition coefficient (Wildman–Crippen LogP) is 4.49. The summed E-state index contributed by atoms with van der Waals surface area (Å²) < 4.78 is 8.22. The molecule has 0 unspecified atom stereocenters. The first-order valence-electron chi connectivity index (χ1n) is 9.07. The molecule has 0 aliphatic carbocycles. The number of fused-ring (bicyclic) bond motifs is 1. The smallest absolute Gasteiger partial charge is 0.328 e. The van der Waals surface area contributed by atoms with Gasteiger partial charge < -0.3 is 4.74 Å². The summed E-state index contributed by atoms with van der Waals surface area (Å²) in [4.78, 5) is 24.8. The molecule has 0 saturated carbocycles. The molecule has 5 nitrogen and oxygen atoms in total. The third-order valence-corrected chi connectivity index (χ3v) is 5.30. The van der Waals surface area contributed by atoms with Gasteiger partial charge in [0, 0.05) is 15.4 Å². The maximum Gasteiger partial charge on any atom is 0.328 e. The second kappa shape index (κ2) is 8.41. The maximum absolute atomic E-state index is 12.8. The molecule has 0 N–H and O–H groups in total. The first-order chi connectivity index (χ1) is 14.1. The van der Waals surface area contributed by atoms with Crippen LogP contribution in [0.1, 0.15) is 17.2 Å². The van der Waals surface area contributed by atoms with Crippen LogP contribution >= 0.6 is 15.9 Å². The van der Waals surface area contributed by atoms with E-state index >= 15 is 0 Å². The molecule has 1 aromatic heterocycles. The average molecular weight is 449 g/mol. The highest BCUT2D eigenvalue weighted by atomic mass is 79.9. The van der Waals surface area contributed by atoms with E-state index in [1.165, 1.54) is 10.9 Å². The Morgan fingerprint density at radius 1 is 0.966 bits per heavy atom. The maximum atomic E-state index is 12.8. The summed E-state index contributed by atoms with van der Waals surface area (Å²) in [6.07, 6.45) is 0.655. The van der Waals surface area contributed by atoms with E-state index in [2.05, 4.69) is 21.0 Å². The number of nitrogens with zero attached hydrogens (tertiary/aromatic N) is 2. The number of halogens is 1. The predicted molar refractivity (Wildman–Crippen MR) is 115 cm³/mol. The Bertz CT molecular complexity index is 1220. The molecule has 144 valence electrons. The van der Waals surface area contributed by atoms with Gasteiger partial charge in [0.1, 0.15) is 6.54 Å². The molecule has 0 radical (unpaired) electrons. The van der Waals surface area contributed by atoms with Crippen LogP contribution in [0.15, 0.2) is 94.3 Å². The topological polar surface area (TPSA) is 61.2 Å². The van der Waals surface area contributed by atoms with Crippen LogP contribution in [0.25, 0.3) is 10.9 Å². The summed E-state index contributed by atoms with van der Waals surface area (Å²) in [6.45, 7) is -0.103. The number of hydrogen-bond acceptors (Lipinski definition) is 4. The molecule has 1 heterocycles. The zero-order chi connectivity index (χ0) is 20.2.